The predicted octanol–water partition coefficient (Wildman–Crippen LogP) is 3.65. The van der Waals surface area contributed by atoms with Gasteiger partial charge in [-0.15, -0.1) is 0 Å². The molecule has 2 nitrogen and oxygen atoms in total. The molecular weight excluding hydrogens is 184 g/mol. The van der Waals surface area contributed by atoms with Crippen LogP contribution in [0.2, 0.25) is 0 Å². The summed E-state index contributed by atoms with van der Waals surface area (Å²) in [7, 11) is 0. The second kappa shape index (κ2) is 5.94. The highest BCUT2D eigenvalue weighted by atomic mass is 15.0. The first kappa shape index (κ1) is 12.3. The van der Waals surface area contributed by atoms with Gasteiger partial charge < -0.3 is 4.57 Å². The van der Waals surface area contributed by atoms with E-state index in [1.807, 2.05) is 6.20 Å². The van der Waals surface area contributed by atoms with Gasteiger partial charge in [-0.25, -0.2) is 4.98 Å². The molecule has 1 aromatic rings. The van der Waals surface area contributed by atoms with Gasteiger partial charge in [0.25, 0.3) is 0 Å². The molecule has 0 aromatic carbocycles. The predicted molar refractivity (Wildman–Crippen MR) is 64.8 cm³/mol. The fraction of sp³-hybridized carbons (Fsp3) is 0.769. The Hall–Kier alpha value is -0.790. The first-order chi connectivity index (χ1) is 7.11. The van der Waals surface area contributed by atoms with E-state index in [9.17, 15) is 0 Å². The summed E-state index contributed by atoms with van der Waals surface area (Å²) < 4.78 is 2.24. The first-order valence-corrected chi connectivity index (χ1v) is 6.09. The summed E-state index contributed by atoms with van der Waals surface area (Å²) in [6.07, 6.45) is 7.91. The number of rotatable bonds is 6. The molecule has 2 heteroatoms. The van der Waals surface area contributed by atoms with Crippen molar-refractivity contribution in [2.75, 3.05) is 0 Å². The maximum Gasteiger partial charge on any atom is 0.105 e. The molecule has 0 aliphatic rings. The zero-order chi connectivity index (χ0) is 11.3. The van der Waals surface area contributed by atoms with Gasteiger partial charge in [0.15, 0.2) is 0 Å². The van der Waals surface area contributed by atoms with Crippen LogP contribution in [0.15, 0.2) is 12.4 Å². The molecule has 0 aliphatic carbocycles. The monoisotopic (exact) mass is 208 g/mol. The van der Waals surface area contributed by atoms with E-state index >= 15 is 0 Å². The molecule has 1 aromatic heterocycles. The molecule has 0 radical (unpaired) electrons. The minimum absolute atomic E-state index is 0.819. The van der Waals surface area contributed by atoms with Gasteiger partial charge in [-0.1, -0.05) is 33.6 Å². The molecule has 1 heterocycles. The number of hydrogen-bond acceptors (Lipinski definition) is 1. The van der Waals surface area contributed by atoms with Crippen LogP contribution in [0.4, 0.5) is 0 Å². The van der Waals surface area contributed by atoms with Crippen LogP contribution < -0.4 is 0 Å². The molecule has 0 N–H and O–H groups in total. The standard InChI is InChI=1S/C13H24N2/c1-11(2)12(3)7-5-6-9-15-10-8-14-13(15)4/h8,10-12H,5-7,9H2,1-4H3. The lowest BCUT2D eigenvalue weighted by molar-refractivity contribution is 0.373. The van der Waals surface area contributed by atoms with Crippen LogP contribution in [0.25, 0.3) is 0 Å². The molecule has 0 amide bonds. The molecule has 1 rings (SSSR count). The minimum atomic E-state index is 0.819. The highest BCUT2D eigenvalue weighted by Gasteiger charge is 2.06. The Bertz CT molecular complexity index is 276. The van der Waals surface area contributed by atoms with Crippen molar-refractivity contribution < 1.29 is 0 Å². The van der Waals surface area contributed by atoms with Crippen molar-refractivity contribution in [1.29, 1.82) is 0 Å². The third-order valence-corrected chi connectivity index (χ3v) is 3.37. The molecule has 0 fully saturated rings. The average molecular weight is 208 g/mol. The summed E-state index contributed by atoms with van der Waals surface area (Å²) in [5.74, 6) is 2.81. The Morgan fingerprint density at radius 2 is 2.00 bits per heavy atom. The second-order valence-corrected chi connectivity index (χ2v) is 4.88. The van der Waals surface area contributed by atoms with Crippen molar-refractivity contribution in [3.8, 4) is 0 Å². The molecular formula is C13H24N2. The van der Waals surface area contributed by atoms with Crippen molar-refractivity contribution in [3.05, 3.63) is 18.2 Å². The molecule has 0 aliphatic heterocycles. The Labute approximate surface area is 93.7 Å². The van der Waals surface area contributed by atoms with Gasteiger partial charge in [-0.05, 0) is 25.2 Å². The topological polar surface area (TPSA) is 17.8 Å². The summed E-state index contributed by atoms with van der Waals surface area (Å²) in [4.78, 5) is 4.22. The number of imidazole rings is 1. The lowest BCUT2D eigenvalue weighted by Gasteiger charge is -2.15. The number of nitrogens with zero attached hydrogens (tertiary/aromatic N) is 2. The largest absolute Gasteiger partial charge is 0.335 e. The van der Waals surface area contributed by atoms with E-state index in [4.69, 9.17) is 0 Å². The average Bonchev–Trinajstić information content (AvgIpc) is 2.58. The second-order valence-electron chi connectivity index (χ2n) is 4.88. The Kier molecular flexibility index (Phi) is 4.86. The van der Waals surface area contributed by atoms with E-state index < -0.39 is 0 Å². The van der Waals surface area contributed by atoms with E-state index in [1.54, 1.807) is 0 Å². The number of aromatic nitrogens is 2. The van der Waals surface area contributed by atoms with Gasteiger partial charge >= 0.3 is 0 Å². The first-order valence-electron chi connectivity index (χ1n) is 6.09. The van der Waals surface area contributed by atoms with E-state index in [0.29, 0.717) is 0 Å². The summed E-state index contributed by atoms with van der Waals surface area (Å²) in [5, 5.41) is 0. The highest BCUT2D eigenvalue weighted by molar-refractivity contribution is 4.87. The van der Waals surface area contributed by atoms with Crippen molar-refractivity contribution in [1.82, 2.24) is 9.55 Å². The van der Waals surface area contributed by atoms with Crippen LogP contribution in [0.5, 0.6) is 0 Å². The van der Waals surface area contributed by atoms with Crippen LogP contribution in [-0.2, 0) is 6.54 Å². The summed E-state index contributed by atoms with van der Waals surface area (Å²) in [5.41, 5.74) is 0. The van der Waals surface area contributed by atoms with Crippen LogP contribution in [-0.4, -0.2) is 9.55 Å². The molecule has 15 heavy (non-hydrogen) atoms. The number of aryl methyl sites for hydroxylation is 2. The van der Waals surface area contributed by atoms with Crippen molar-refractivity contribution in [2.24, 2.45) is 11.8 Å². The fourth-order valence-corrected chi connectivity index (χ4v) is 1.72. The summed E-state index contributed by atoms with van der Waals surface area (Å²) >= 11 is 0. The van der Waals surface area contributed by atoms with E-state index in [2.05, 4.69) is 43.4 Å². The minimum Gasteiger partial charge on any atom is -0.335 e. The van der Waals surface area contributed by atoms with Crippen LogP contribution >= 0.6 is 0 Å². The van der Waals surface area contributed by atoms with Crippen LogP contribution in [0.3, 0.4) is 0 Å². The maximum absolute atomic E-state index is 4.22. The van der Waals surface area contributed by atoms with E-state index in [0.717, 1.165) is 24.2 Å². The highest BCUT2D eigenvalue weighted by Crippen LogP contribution is 2.17. The zero-order valence-corrected chi connectivity index (χ0v) is 10.5. The maximum atomic E-state index is 4.22. The van der Waals surface area contributed by atoms with Gasteiger partial charge in [0.05, 0.1) is 0 Å². The SMILES string of the molecule is Cc1nccn1CCCCC(C)C(C)C. The molecule has 1 unspecified atom stereocenters. The van der Waals surface area contributed by atoms with Gasteiger partial charge in [-0.2, -0.15) is 0 Å². The van der Waals surface area contributed by atoms with Gasteiger partial charge in [0, 0.05) is 18.9 Å². The molecule has 0 saturated heterocycles. The molecule has 1 atom stereocenters. The lowest BCUT2D eigenvalue weighted by Crippen LogP contribution is -2.05. The van der Waals surface area contributed by atoms with E-state index in [-0.39, 0.29) is 0 Å². The summed E-state index contributed by atoms with van der Waals surface area (Å²) in [6.45, 7) is 10.2. The molecule has 86 valence electrons. The van der Waals surface area contributed by atoms with Crippen LogP contribution in [0.1, 0.15) is 45.9 Å². The van der Waals surface area contributed by atoms with Crippen LogP contribution in [0, 0.1) is 18.8 Å². The lowest BCUT2D eigenvalue weighted by atomic mass is 9.93. The summed E-state index contributed by atoms with van der Waals surface area (Å²) in [6, 6.07) is 0. The normalized spacial score (nSPS) is 13.4. The fourth-order valence-electron chi connectivity index (χ4n) is 1.72. The number of unbranched alkanes of at least 4 members (excludes halogenated alkanes) is 1. The quantitative estimate of drug-likeness (QED) is 0.652. The third-order valence-electron chi connectivity index (χ3n) is 3.37. The van der Waals surface area contributed by atoms with Gasteiger partial charge in [-0.3, -0.25) is 0 Å². The van der Waals surface area contributed by atoms with Crippen molar-refractivity contribution in [2.45, 2.75) is 53.5 Å². The Morgan fingerprint density at radius 3 is 2.53 bits per heavy atom. The number of hydrogen-bond donors (Lipinski definition) is 0. The third kappa shape index (κ3) is 4.06. The Balaban J connectivity index is 2.15. The Morgan fingerprint density at radius 1 is 1.27 bits per heavy atom. The van der Waals surface area contributed by atoms with Crippen molar-refractivity contribution >= 4 is 0 Å². The molecule has 0 bridgehead atoms. The zero-order valence-electron chi connectivity index (χ0n) is 10.5. The van der Waals surface area contributed by atoms with E-state index in [1.165, 1.54) is 19.3 Å². The molecule has 0 spiro atoms. The molecule has 0 saturated carbocycles. The smallest absolute Gasteiger partial charge is 0.105 e. The van der Waals surface area contributed by atoms with Crippen molar-refractivity contribution in [3.63, 3.8) is 0 Å². The van der Waals surface area contributed by atoms with Gasteiger partial charge in [0.1, 0.15) is 5.82 Å². The van der Waals surface area contributed by atoms with Gasteiger partial charge in [0.2, 0.25) is 0 Å².